The Morgan fingerprint density at radius 2 is 1.71 bits per heavy atom. The highest BCUT2D eigenvalue weighted by Gasteiger charge is 2.25. The minimum atomic E-state index is -0.439. The van der Waals surface area contributed by atoms with Crippen molar-refractivity contribution in [3.05, 3.63) is 60.0 Å². The van der Waals surface area contributed by atoms with Crippen LogP contribution in [0, 0.1) is 5.41 Å². The van der Waals surface area contributed by atoms with Crippen molar-refractivity contribution in [3.8, 4) is 22.9 Å². The van der Waals surface area contributed by atoms with Crippen LogP contribution in [0.2, 0.25) is 0 Å². The molecule has 0 radical (unpaired) electrons. The standard InChI is InChI=1S/C24H29N3O4/c1-24(2,3)15-21(28)25-20(11-16-9-7-6-8-10-16)23-26-22(27-31-23)17-12-18(29-4)14-19(13-17)30-5/h6-10,12-14,20H,11,15H2,1-5H3,(H,25,28)/t20-/m1/s1. The number of rotatable bonds is 8. The monoisotopic (exact) mass is 423 g/mol. The summed E-state index contributed by atoms with van der Waals surface area (Å²) in [5.74, 6) is 1.94. The summed E-state index contributed by atoms with van der Waals surface area (Å²) in [6, 6.07) is 14.8. The normalized spacial score (nSPS) is 12.3. The summed E-state index contributed by atoms with van der Waals surface area (Å²) in [6.07, 6.45) is 0.937. The number of ether oxygens (including phenoxy) is 2. The zero-order chi connectivity index (χ0) is 22.4. The Balaban J connectivity index is 1.89. The first kappa shape index (κ1) is 22.3. The van der Waals surface area contributed by atoms with E-state index in [0.29, 0.717) is 41.6 Å². The summed E-state index contributed by atoms with van der Waals surface area (Å²) in [7, 11) is 3.17. The SMILES string of the molecule is COc1cc(OC)cc(-c2noc([C@@H](Cc3ccccc3)NC(=O)CC(C)(C)C)n2)c1. The Morgan fingerprint density at radius 3 is 2.29 bits per heavy atom. The van der Waals surface area contributed by atoms with Crippen molar-refractivity contribution in [2.75, 3.05) is 14.2 Å². The lowest BCUT2D eigenvalue weighted by Gasteiger charge is -2.20. The Morgan fingerprint density at radius 1 is 1.06 bits per heavy atom. The van der Waals surface area contributed by atoms with Gasteiger partial charge in [-0.3, -0.25) is 4.79 Å². The molecule has 0 aliphatic heterocycles. The molecule has 164 valence electrons. The van der Waals surface area contributed by atoms with E-state index < -0.39 is 6.04 Å². The van der Waals surface area contributed by atoms with Gasteiger partial charge in [-0.2, -0.15) is 4.98 Å². The van der Waals surface area contributed by atoms with Crippen LogP contribution in [0.25, 0.3) is 11.4 Å². The molecule has 1 heterocycles. The first-order valence-electron chi connectivity index (χ1n) is 10.2. The fourth-order valence-corrected chi connectivity index (χ4v) is 3.21. The van der Waals surface area contributed by atoms with E-state index in [1.165, 1.54) is 0 Å². The van der Waals surface area contributed by atoms with E-state index in [1.807, 2.05) is 63.2 Å². The molecule has 0 aliphatic rings. The van der Waals surface area contributed by atoms with Gasteiger partial charge in [0.2, 0.25) is 17.6 Å². The fraction of sp³-hybridized carbons (Fsp3) is 0.375. The van der Waals surface area contributed by atoms with Crippen LogP contribution in [-0.4, -0.2) is 30.3 Å². The van der Waals surface area contributed by atoms with Crippen molar-refractivity contribution in [2.45, 2.75) is 39.7 Å². The fourth-order valence-electron chi connectivity index (χ4n) is 3.21. The average molecular weight is 424 g/mol. The van der Waals surface area contributed by atoms with Gasteiger partial charge in [-0.05, 0) is 23.1 Å². The lowest BCUT2D eigenvalue weighted by Crippen LogP contribution is -2.32. The molecule has 7 heteroatoms. The molecule has 3 aromatic rings. The molecule has 0 saturated carbocycles. The average Bonchev–Trinajstić information content (AvgIpc) is 3.22. The predicted octanol–water partition coefficient (Wildman–Crippen LogP) is 4.59. The molecule has 1 atom stereocenters. The topological polar surface area (TPSA) is 86.5 Å². The number of methoxy groups -OCH3 is 2. The van der Waals surface area contributed by atoms with E-state index >= 15 is 0 Å². The van der Waals surface area contributed by atoms with Crippen LogP contribution in [0.3, 0.4) is 0 Å². The molecule has 0 bridgehead atoms. The van der Waals surface area contributed by atoms with Crippen molar-refractivity contribution in [2.24, 2.45) is 5.41 Å². The quantitative estimate of drug-likeness (QED) is 0.570. The molecule has 2 aromatic carbocycles. The highest BCUT2D eigenvalue weighted by molar-refractivity contribution is 5.77. The molecular formula is C24H29N3O4. The third-order valence-electron chi connectivity index (χ3n) is 4.66. The number of hydrogen-bond acceptors (Lipinski definition) is 6. The second-order valence-corrected chi connectivity index (χ2v) is 8.60. The summed E-state index contributed by atoms with van der Waals surface area (Å²) in [4.78, 5) is 17.2. The van der Waals surface area contributed by atoms with Gasteiger partial charge in [0.15, 0.2) is 0 Å². The van der Waals surface area contributed by atoms with E-state index in [4.69, 9.17) is 14.0 Å². The summed E-state index contributed by atoms with van der Waals surface area (Å²) in [5, 5.41) is 7.20. The van der Waals surface area contributed by atoms with Crippen molar-refractivity contribution in [1.82, 2.24) is 15.5 Å². The molecule has 0 saturated heterocycles. The van der Waals surface area contributed by atoms with Gasteiger partial charge in [0, 0.05) is 24.5 Å². The summed E-state index contributed by atoms with van der Waals surface area (Å²) < 4.78 is 16.2. The van der Waals surface area contributed by atoms with E-state index in [1.54, 1.807) is 20.3 Å². The van der Waals surface area contributed by atoms with Crippen LogP contribution >= 0.6 is 0 Å². The van der Waals surface area contributed by atoms with E-state index in [2.05, 4.69) is 15.5 Å². The van der Waals surface area contributed by atoms with Gasteiger partial charge in [0.25, 0.3) is 0 Å². The maximum absolute atomic E-state index is 12.6. The number of nitrogens with one attached hydrogen (secondary N) is 1. The number of amides is 1. The first-order chi connectivity index (χ1) is 14.8. The van der Waals surface area contributed by atoms with E-state index in [-0.39, 0.29) is 11.3 Å². The molecular weight excluding hydrogens is 394 g/mol. The summed E-state index contributed by atoms with van der Waals surface area (Å²) in [5.41, 5.74) is 1.63. The van der Waals surface area contributed by atoms with Crippen LogP contribution in [0.4, 0.5) is 0 Å². The summed E-state index contributed by atoms with van der Waals surface area (Å²) in [6.45, 7) is 6.08. The molecule has 3 rings (SSSR count). The second kappa shape index (κ2) is 9.64. The number of carbonyl (C=O) groups is 1. The smallest absolute Gasteiger partial charge is 0.249 e. The Bertz CT molecular complexity index is 987. The van der Waals surface area contributed by atoms with Gasteiger partial charge in [-0.1, -0.05) is 56.3 Å². The molecule has 1 aromatic heterocycles. The molecule has 0 spiro atoms. The maximum atomic E-state index is 12.6. The number of hydrogen-bond donors (Lipinski definition) is 1. The minimum Gasteiger partial charge on any atom is -0.497 e. The van der Waals surface area contributed by atoms with Gasteiger partial charge < -0.3 is 19.3 Å². The highest BCUT2D eigenvalue weighted by Crippen LogP contribution is 2.29. The van der Waals surface area contributed by atoms with Crippen LogP contribution in [0.5, 0.6) is 11.5 Å². The largest absolute Gasteiger partial charge is 0.497 e. The van der Waals surface area contributed by atoms with Crippen LogP contribution in [-0.2, 0) is 11.2 Å². The zero-order valence-electron chi connectivity index (χ0n) is 18.6. The lowest BCUT2D eigenvalue weighted by molar-refractivity contribution is -0.123. The second-order valence-electron chi connectivity index (χ2n) is 8.60. The van der Waals surface area contributed by atoms with Crippen molar-refractivity contribution < 1.29 is 18.8 Å². The van der Waals surface area contributed by atoms with Gasteiger partial charge in [0.1, 0.15) is 17.5 Å². The highest BCUT2D eigenvalue weighted by atomic mass is 16.5. The third kappa shape index (κ3) is 6.31. The van der Waals surface area contributed by atoms with Crippen molar-refractivity contribution >= 4 is 5.91 Å². The number of aromatic nitrogens is 2. The van der Waals surface area contributed by atoms with Crippen molar-refractivity contribution in [1.29, 1.82) is 0 Å². The van der Waals surface area contributed by atoms with Gasteiger partial charge in [-0.25, -0.2) is 0 Å². The van der Waals surface area contributed by atoms with E-state index in [9.17, 15) is 4.79 Å². The maximum Gasteiger partial charge on any atom is 0.249 e. The molecule has 0 fully saturated rings. The van der Waals surface area contributed by atoms with Crippen LogP contribution < -0.4 is 14.8 Å². The van der Waals surface area contributed by atoms with Crippen LogP contribution in [0.1, 0.15) is 44.7 Å². The van der Waals surface area contributed by atoms with Gasteiger partial charge in [0.05, 0.1) is 14.2 Å². The molecule has 1 N–H and O–H groups in total. The number of benzene rings is 2. The molecule has 0 aliphatic carbocycles. The molecule has 1 amide bonds. The summed E-state index contributed by atoms with van der Waals surface area (Å²) >= 11 is 0. The Labute approximate surface area is 182 Å². The Kier molecular flexibility index (Phi) is 6.95. The van der Waals surface area contributed by atoms with Gasteiger partial charge >= 0.3 is 0 Å². The Hall–Kier alpha value is -3.35. The lowest BCUT2D eigenvalue weighted by atomic mass is 9.91. The molecule has 31 heavy (non-hydrogen) atoms. The van der Waals surface area contributed by atoms with Crippen LogP contribution in [0.15, 0.2) is 53.1 Å². The number of carbonyl (C=O) groups excluding carboxylic acids is 1. The first-order valence-corrected chi connectivity index (χ1v) is 10.2. The predicted molar refractivity (Wildman–Crippen MR) is 118 cm³/mol. The zero-order valence-corrected chi connectivity index (χ0v) is 18.6. The van der Waals surface area contributed by atoms with Crippen molar-refractivity contribution in [3.63, 3.8) is 0 Å². The molecule has 0 unspecified atom stereocenters. The minimum absolute atomic E-state index is 0.0590. The number of nitrogens with zero attached hydrogens (tertiary/aromatic N) is 2. The van der Waals surface area contributed by atoms with E-state index in [0.717, 1.165) is 5.56 Å². The van der Waals surface area contributed by atoms with Gasteiger partial charge in [-0.15, -0.1) is 0 Å². The third-order valence-corrected chi connectivity index (χ3v) is 4.66. The molecule has 7 nitrogen and oxygen atoms in total.